The summed E-state index contributed by atoms with van der Waals surface area (Å²) in [6.45, 7) is 11.6. The number of hydrogen-bond acceptors (Lipinski definition) is 4. The van der Waals surface area contributed by atoms with Crippen molar-refractivity contribution < 1.29 is 18.9 Å². The van der Waals surface area contributed by atoms with Crippen molar-refractivity contribution in [2.45, 2.75) is 84.7 Å². The molecule has 0 bridgehead atoms. The molecule has 3 rings (SSSR count). The van der Waals surface area contributed by atoms with Crippen LogP contribution in [0.1, 0.15) is 72.6 Å². The second kappa shape index (κ2) is 8.72. The van der Waals surface area contributed by atoms with E-state index in [1.807, 2.05) is 13.8 Å². The van der Waals surface area contributed by atoms with Crippen LogP contribution in [0.3, 0.4) is 0 Å². The molecule has 150 valence electrons. The molecule has 0 amide bonds. The van der Waals surface area contributed by atoms with E-state index >= 15 is 0 Å². The molecule has 0 aromatic carbocycles. The number of fused-ring (bicyclic) bond motifs is 1. The maximum Gasteiger partial charge on any atom is 0.169 e. The molecular weight excluding hydrogens is 328 g/mol. The zero-order chi connectivity index (χ0) is 18.6. The van der Waals surface area contributed by atoms with Crippen molar-refractivity contribution >= 4 is 0 Å². The number of hydrogen-bond donors (Lipinski definition) is 0. The monoisotopic (exact) mass is 366 g/mol. The van der Waals surface area contributed by atoms with Gasteiger partial charge in [0, 0.05) is 31.5 Å². The first kappa shape index (κ1) is 20.3. The molecule has 1 heterocycles. The van der Waals surface area contributed by atoms with E-state index in [-0.39, 0.29) is 17.5 Å². The first-order valence-corrected chi connectivity index (χ1v) is 10.6. The zero-order valence-electron chi connectivity index (χ0n) is 17.2. The van der Waals surface area contributed by atoms with Crippen LogP contribution in [-0.2, 0) is 18.9 Å². The van der Waals surface area contributed by atoms with Crippen molar-refractivity contribution in [1.82, 2.24) is 0 Å². The Morgan fingerprint density at radius 1 is 1.12 bits per heavy atom. The Hall–Kier alpha value is -0.420. The van der Waals surface area contributed by atoms with E-state index in [0.29, 0.717) is 12.5 Å². The van der Waals surface area contributed by atoms with E-state index in [9.17, 15) is 0 Å². The van der Waals surface area contributed by atoms with Gasteiger partial charge >= 0.3 is 0 Å². The minimum absolute atomic E-state index is 0.0703. The summed E-state index contributed by atoms with van der Waals surface area (Å²) in [5.74, 6) is 1.13. The molecule has 1 saturated carbocycles. The summed E-state index contributed by atoms with van der Waals surface area (Å²) in [7, 11) is 0. The van der Waals surface area contributed by atoms with Crippen molar-refractivity contribution in [2.24, 2.45) is 17.3 Å². The highest BCUT2D eigenvalue weighted by Gasteiger charge is 2.51. The highest BCUT2D eigenvalue weighted by atomic mass is 16.7. The first-order valence-electron chi connectivity index (χ1n) is 10.6. The second-order valence-corrected chi connectivity index (χ2v) is 9.22. The van der Waals surface area contributed by atoms with Gasteiger partial charge in [0.05, 0.1) is 13.2 Å². The van der Waals surface area contributed by atoms with E-state index in [0.717, 1.165) is 45.0 Å². The third-order valence-electron chi connectivity index (χ3n) is 6.05. The van der Waals surface area contributed by atoms with Crippen LogP contribution in [0.2, 0.25) is 0 Å². The van der Waals surface area contributed by atoms with E-state index in [4.69, 9.17) is 18.9 Å². The smallest absolute Gasteiger partial charge is 0.169 e. The highest BCUT2D eigenvalue weighted by molar-refractivity contribution is 5.18. The molecule has 4 nitrogen and oxygen atoms in total. The van der Waals surface area contributed by atoms with Crippen molar-refractivity contribution in [3.63, 3.8) is 0 Å². The summed E-state index contributed by atoms with van der Waals surface area (Å²) in [6.07, 6.45) is 10.7. The third kappa shape index (κ3) is 5.31. The predicted octanol–water partition coefficient (Wildman–Crippen LogP) is 5.07. The Bertz CT molecular complexity index is 475. The van der Waals surface area contributed by atoms with Gasteiger partial charge in [0.25, 0.3) is 0 Å². The fourth-order valence-corrected chi connectivity index (χ4v) is 4.61. The molecule has 2 fully saturated rings. The topological polar surface area (TPSA) is 36.9 Å². The molecule has 0 radical (unpaired) electrons. The van der Waals surface area contributed by atoms with Gasteiger partial charge in [-0.05, 0) is 51.4 Å². The fourth-order valence-electron chi connectivity index (χ4n) is 4.61. The Morgan fingerprint density at radius 2 is 1.88 bits per heavy atom. The summed E-state index contributed by atoms with van der Waals surface area (Å²) >= 11 is 0. The molecule has 3 atom stereocenters. The lowest BCUT2D eigenvalue weighted by molar-refractivity contribution is -0.296. The molecule has 0 aromatic heterocycles. The fraction of sp³-hybridized carbons (Fsp3) is 0.909. The number of unbranched alkanes of at least 4 members (excludes halogenated alkanes) is 2. The van der Waals surface area contributed by atoms with E-state index in [1.165, 1.54) is 25.7 Å². The van der Waals surface area contributed by atoms with Gasteiger partial charge < -0.3 is 18.9 Å². The Morgan fingerprint density at radius 3 is 2.58 bits per heavy atom. The van der Waals surface area contributed by atoms with Crippen molar-refractivity contribution in [3.05, 3.63) is 11.6 Å². The highest BCUT2D eigenvalue weighted by Crippen LogP contribution is 2.52. The van der Waals surface area contributed by atoms with Gasteiger partial charge in [-0.15, -0.1) is 0 Å². The van der Waals surface area contributed by atoms with Crippen LogP contribution in [0, 0.1) is 17.3 Å². The van der Waals surface area contributed by atoms with E-state index < -0.39 is 0 Å². The van der Waals surface area contributed by atoms with Gasteiger partial charge in [0.15, 0.2) is 12.1 Å². The van der Waals surface area contributed by atoms with Crippen LogP contribution in [0.25, 0.3) is 0 Å². The molecule has 4 heteroatoms. The molecule has 1 unspecified atom stereocenters. The van der Waals surface area contributed by atoms with E-state index in [1.54, 1.807) is 5.57 Å². The average Bonchev–Trinajstić information content (AvgIpc) is 3.10. The number of allylic oxidation sites excluding steroid dienone is 2. The average molecular weight is 367 g/mol. The third-order valence-corrected chi connectivity index (χ3v) is 6.05. The first-order chi connectivity index (χ1) is 12.4. The summed E-state index contributed by atoms with van der Waals surface area (Å²) in [6, 6.07) is 0. The van der Waals surface area contributed by atoms with E-state index in [2.05, 4.69) is 19.9 Å². The number of ether oxygens (including phenoxy) is 4. The van der Waals surface area contributed by atoms with Gasteiger partial charge in [-0.1, -0.05) is 31.9 Å². The lowest BCUT2D eigenvalue weighted by atomic mass is 9.94. The van der Waals surface area contributed by atoms with Gasteiger partial charge in [0.1, 0.15) is 0 Å². The van der Waals surface area contributed by atoms with Crippen LogP contribution in [-0.4, -0.2) is 38.5 Å². The SMILES string of the molecule is CCOC(C)OCCCCCC1=C[C@H]2CC3(C[C@H]2C1)OCC(C)(C)CO3. The molecule has 3 aliphatic rings. The molecule has 0 N–H and O–H groups in total. The molecule has 1 spiro atoms. The molecule has 1 aliphatic heterocycles. The van der Waals surface area contributed by atoms with Gasteiger partial charge in [0.2, 0.25) is 0 Å². The molecule has 0 aromatic rings. The van der Waals surface area contributed by atoms with Crippen LogP contribution in [0.5, 0.6) is 0 Å². The van der Waals surface area contributed by atoms with Gasteiger partial charge in [-0.2, -0.15) is 0 Å². The Labute approximate surface area is 159 Å². The van der Waals surface area contributed by atoms with Crippen molar-refractivity contribution in [2.75, 3.05) is 26.4 Å². The predicted molar refractivity (Wildman–Crippen MR) is 103 cm³/mol. The van der Waals surface area contributed by atoms with Crippen LogP contribution in [0.4, 0.5) is 0 Å². The molecule has 26 heavy (non-hydrogen) atoms. The lowest BCUT2D eigenvalue weighted by Crippen LogP contribution is -2.46. The summed E-state index contributed by atoms with van der Waals surface area (Å²) in [5.41, 5.74) is 1.82. The normalized spacial score (nSPS) is 30.4. The Kier molecular flexibility index (Phi) is 6.82. The molecule has 2 aliphatic carbocycles. The maximum atomic E-state index is 6.20. The minimum atomic E-state index is -0.276. The Balaban J connectivity index is 1.32. The summed E-state index contributed by atoms with van der Waals surface area (Å²) in [4.78, 5) is 0. The quantitative estimate of drug-likeness (QED) is 0.324. The van der Waals surface area contributed by atoms with Crippen molar-refractivity contribution in [3.8, 4) is 0 Å². The largest absolute Gasteiger partial charge is 0.353 e. The van der Waals surface area contributed by atoms with Gasteiger partial charge in [-0.3, -0.25) is 0 Å². The zero-order valence-corrected chi connectivity index (χ0v) is 17.2. The number of rotatable bonds is 9. The molecule has 1 saturated heterocycles. The van der Waals surface area contributed by atoms with Gasteiger partial charge in [-0.25, -0.2) is 0 Å². The van der Waals surface area contributed by atoms with Crippen molar-refractivity contribution in [1.29, 1.82) is 0 Å². The summed E-state index contributed by atoms with van der Waals surface area (Å²) in [5, 5.41) is 0. The maximum absolute atomic E-state index is 6.20. The van der Waals surface area contributed by atoms with Crippen LogP contribution >= 0.6 is 0 Å². The van der Waals surface area contributed by atoms with Crippen LogP contribution < -0.4 is 0 Å². The van der Waals surface area contributed by atoms with Crippen LogP contribution in [0.15, 0.2) is 11.6 Å². The molecular formula is C22H38O4. The second-order valence-electron chi connectivity index (χ2n) is 9.22. The lowest BCUT2D eigenvalue weighted by Gasteiger charge is -2.41. The minimum Gasteiger partial charge on any atom is -0.353 e. The summed E-state index contributed by atoms with van der Waals surface area (Å²) < 4.78 is 23.4. The standard InChI is InChI=1S/C22H38O4/c1-5-23-17(2)24-10-8-6-7-9-18-11-19-13-22(14-20(19)12-18)25-15-21(3,4)16-26-22/h11,17,19-20H,5-10,12-16H2,1-4H3/t17?,19-,20+/m0/s1.